The van der Waals surface area contributed by atoms with Crippen LogP contribution in [-0.4, -0.2) is 16.4 Å². The summed E-state index contributed by atoms with van der Waals surface area (Å²) in [5, 5.41) is 13.5. The topological polar surface area (TPSA) is 45.5 Å². The van der Waals surface area contributed by atoms with Gasteiger partial charge in [-0.05, 0) is 23.1 Å². The van der Waals surface area contributed by atoms with Gasteiger partial charge in [-0.15, -0.1) is 0 Å². The minimum Gasteiger partial charge on any atom is -0.411 e. The van der Waals surface area contributed by atoms with E-state index in [1.54, 1.807) is 12.4 Å². The van der Waals surface area contributed by atoms with Crippen molar-refractivity contribution in [3.05, 3.63) is 42.2 Å². The fourth-order valence-electron chi connectivity index (χ4n) is 1.25. The molecule has 1 heterocycles. The lowest BCUT2D eigenvalue weighted by atomic mass is 10.1. The van der Waals surface area contributed by atoms with Gasteiger partial charge in [0, 0.05) is 17.8 Å². The number of pyridine rings is 1. The highest BCUT2D eigenvalue weighted by Crippen LogP contribution is 2.12. The molecular weight excluding hydrogens is 164 g/mol. The summed E-state index contributed by atoms with van der Waals surface area (Å²) in [4.78, 5) is 4.01. The summed E-state index contributed by atoms with van der Waals surface area (Å²) < 4.78 is 0. The van der Waals surface area contributed by atoms with Gasteiger partial charge in [-0.3, -0.25) is 4.98 Å². The van der Waals surface area contributed by atoms with E-state index in [2.05, 4.69) is 10.1 Å². The first-order valence-electron chi connectivity index (χ1n) is 3.91. The second kappa shape index (κ2) is 3.23. The predicted octanol–water partition coefficient (Wildman–Crippen LogP) is 2.04. The lowest BCUT2D eigenvalue weighted by molar-refractivity contribution is 0.322. The zero-order chi connectivity index (χ0) is 9.10. The van der Waals surface area contributed by atoms with Crippen LogP contribution in [0.15, 0.2) is 41.8 Å². The second-order valence-electron chi connectivity index (χ2n) is 2.73. The molecule has 0 atom stereocenters. The number of fused-ring (bicyclic) bond motifs is 1. The Balaban J connectivity index is 2.62. The average molecular weight is 172 g/mol. The molecule has 64 valence electrons. The summed E-state index contributed by atoms with van der Waals surface area (Å²) in [5.74, 6) is 0. The summed E-state index contributed by atoms with van der Waals surface area (Å²) in [6.45, 7) is 0. The van der Waals surface area contributed by atoms with Crippen molar-refractivity contribution in [2.45, 2.75) is 0 Å². The Labute approximate surface area is 75.3 Å². The second-order valence-corrected chi connectivity index (χ2v) is 2.73. The summed E-state index contributed by atoms with van der Waals surface area (Å²) in [6, 6.07) is 7.68. The maximum atomic E-state index is 8.35. The van der Waals surface area contributed by atoms with Gasteiger partial charge in [-0.2, -0.15) is 0 Å². The van der Waals surface area contributed by atoms with Crippen molar-refractivity contribution in [3.63, 3.8) is 0 Å². The van der Waals surface area contributed by atoms with Gasteiger partial charge < -0.3 is 5.21 Å². The monoisotopic (exact) mass is 172 g/mol. The molecule has 0 unspecified atom stereocenters. The number of aromatic nitrogens is 1. The molecule has 13 heavy (non-hydrogen) atoms. The fourth-order valence-corrected chi connectivity index (χ4v) is 1.25. The lowest BCUT2D eigenvalue weighted by Gasteiger charge is -1.96. The Kier molecular flexibility index (Phi) is 1.92. The fraction of sp³-hybridized carbons (Fsp3) is 0. The van der Waals surface area contributed by atoms with Gasteiger partial charge in [0.1, 0.15) is 0 Å². The van der Waals surface area contributed by atoms with Gasteiger partial charge in [-0.25, -0.2) is 0 Å². The molecule has 2 aromatic rings. The standard InChI is InChI=1S/C10H8N2O/c13-12-6-8-1-2-10-7-11-4-3-9(10)5-8/h1-7,13H/b12-6-. The Morgan fingerprint density at radius 1 is 1.23 bits per heavy atom. The molecule has 0 radical (unpaired) electrons. The molecular formula is C10H8N2O. The molecule has 0 aliphatic carbocycles. The first kappa shape index (κ1) is 7.73. The van der Waals surface area contributed by atoms with E-state index in [0.29, 0.717) is 0 Å². The molecule has 1 aromatic carbocycles. The van der Waals surface area contributed by atoms with Crippen molar-refractivity contribution in [3.8, 4) is 0 Å². The summed E-state index contributed by atoms with van der Waals surface area (Å²) in [5.41, 5.74) is 0.876. The van der Waals surface area contributed by atoms with E-state index < -0.39 is 0 Å². The van der Waals surface area contributed by atoms with Crippen LogP contribution in [0, 0.1) is 0 Å². The van der Waals surface area contributed by atoms with Crippen molar-refractivity contribution in [2.75, 3.05) is 0 Å². The normalized spacial score (nSPS) is 11.1. The van der Waals surface area contributed by atoms with E-state index in [0.717, 1.165) is 16.3 Å². The highest BCUT2D eigenvalue weighted by atomic mass is 16.4. The minimum atomic E-state index is 0.876. The van der Waals surface area contributed by atoms with Crippen LogP contribution < -0.4 is 0 Å². The zero-order valence-electron chi connectivity index (χ0n) is 6.88. The molecule has 1 aromatic heterocycles. The van der Waals surface area contributed by atoms with Crippen LogP contribution in [0.3, 0.4) is 0 Å². The van der Waals surface area contributed by atoms with Crippen LogP contribution in [0.5, 0.6) is 0 Å². The number of hydrogen-bond acceptors (Lipinski definition) is 3. The third-order valence-corrected chi connectivity index (χ3v) is 1.87. The van der Waals surface area contributed by atoms with Crippen molar-refractivity contribution < 1.29 is 5.21 Å². The zero-order valence-corrected chi connectivity index (χ0v) is 6.88. The predicted molar refractivity (Wildman–Crippen MR) is 51.1 cm³/mol. The first-order chi connectivity index (χ1) is 6.40. The van der Waals surface area contributed by atoms with Crippen LogP contribution in [0.4, 0.5) is 0 Å². The van der Waals surface area contributed by atoms with Crippen molar-refractivity contribution >= 4 is 17.0 Å². The average Bonchev–Trinajstić information content (AvgIpc) is 2.18. The summed E-state index contributed by atoms with van der Waals surface area (Å²) >= 11 is 0. The lowest BCUT2D eigenvalue weighted by Crippen LogP contribution is -1.81. The van der Waals surface area contributed by atoms with Crippen LogP contribution in [0.1, 0.15) is 5.56 Å². The molecule has 0 aliphatic rings. The Bertz CT molecular complexity index is 451. The highest BCUT2D eigenvalue weighted by molar-refractivity contribution is 5.89. The van der Waals surface area contributed by atoms with E-state index in [1.165, 1.54) is 6.21 Å². The van der Waals surface area contributed by atoms with Gasteiger partial charge in [-0.1, -0.05) is 17.3 Å². The molecule has 1 N–H and O–H groups in total. The third-order valence-electron chi connectivity index (χ3n) is 1.87. The van der Waals surface area contributed by atoms with E-state index in [4.69, 9.17) is 5.21 Å². The smallest absolute Gasteiger partial charge is 0.0734 e. The molecule has 3 nitrogen and oxygen atoms in total. The van der Waals surface area contributed by atoms with Crippen LogP contribution in [0.25, 0.3) is 10.8 Å². The van der Waals surface area contributed by atoms with Gasteiger partial charge in [0.2, 0.25) is 0 Å². The van der Waals surface area contributed by atoms with E-state index >= 15 is 0 Å². The van der Waals surface area contributed by atoms with Gasteiger partial charge in [0.05, 0.1) is 6.21 Å². The molecule has 3 heteroatoms. The number of rotatable bonds is 1. The van der Waals surface area contributed by atoms with Crippen molar-refractivity contribution in [1.82, 2.24) is 4.98 Å². The van der Waals surface area contributed by atoms with Gasteiger partial charge >= 0.3 is 0 Å². The summed E-state index contributed by atoms with van der Waals surface area (Å²) in [6.07, 6.45) is 4.94. The largest absolute Gasteiger partial charge is 0.411 e. The van der Waals surface area contributed by atoms with E-state index in [9.17, 15) is 0 Å². The van der Waals surface area contributed by atoms with Crippen LogP contribution >= 0.6 is 0 Å². The van der Waals surface area contributed by atoms with E-state index in [1.807, 2.05) is 24.3 Å². The van der Waals surface area contributed by atoms with Crippen LogP contribution in [0.2, 0.25) is 0 Å². The number of hydrogen-bond donors (Lipinski definition) is 1. The minimum absolute atomic E-state index is 0.876. The number of oxime groups is 1. The van der Waals surface area contributed by atoms with E-state index in [-0.39, 0.29) is 0 Å². The maximum absolute atomic E-state index is 8.35. The molecule has 0 aliphatic heterocycles. The number of benzene rings is 1. The van der Waals surface area contributed by atoms with Crippen molar-refractivity contribution in [2.24, 2.45) is 5.16 Å². The molecule has 0 amide bonds. The van der Waals surface area contributed by atoms with Gasteiger partial charge in [0.15, 0.2) is 0 Å². The molecule has 0 spiro atoms. The summed E-state index contributed by atoms with van der Waals surface area (Å²) in [7, 11) is 0. The number of nitrogens with zero attached hydrogens (tertiary/aromatic N) is 2. The molecule has 0 saturated heterocycles. The van der Waals surface area contributed by atoms with Crippen LogP contribution in [-0.2, 0) is 0 Å². The molecule has 0 saturated carbocycles. The van der Waals surface area contributed by atoms with Crippen molar-refractivity contribution in [1.29, 1.82) is 0 Å². The Morgan fingerprint density at radius 3 is 3.00 bits per heavy atom. The Hall–Kier alpha value is -1.90. The molecule has 0 fully saturated rings. The highest BCUT2D eigenvalue weighted by Gasteiger charge is 1.93. The first-order valence-corrected chi connectivity index (χ1v) is 3.91. The maximum Gasteiger partial charge on any atom is 0.0734 e. The molecule has 2 rings (SSSR count). The Morgan fingerprint density at radius 2 is 2.15 bits per heavy atom. The quantitative estimate of drug-likeness (QED) is 0.406. The SMILES string of the molecule is O/N=C\c1ccc2cnccc2c1. The third kappa shape index (κ3) is 1.49. The molecule has 0 bridgehead atoms. The van der Waals surface area contributed by atoms with Gasteiger partial charge in [0.25, 0.3) is 0 Å².